The zero-order valence-electron chi connectivity index (χ0n) is 12.0. The number of hydrazine groups is 1. The molecule has 114 valence electrons. The average Bonchev–Trinajstić information content (AvgIpc) is 3.16. The normalized spacial score (nSPS) is 15.4. The average molecular weight is 293 g/mol. The summed E-state index contributed by atoms with van der Waals surface area (Å²) in [6.45, 7) is 3.60. The molecule has 21 heavy (non-hydrogen) atoms. The van der Waals surface area contributed by atoms with E-state index in [4.69, 9.17) is 4.42 Å². The topological polar surface area (TPSA) is 100 Å². The van der Waals surface area contributed by atoms with Crippen LogP contribution in [-0.2, 0) is 9.59 Å². The highest BCUT2D eigenvalue weighted by atomic mass is 16.3. The predicted molar refractivity (Wildman–Crippen MR) is 73.8 cm³/mol. The summed E-state index contributed by atoms with van der Waals surface area (Å²) in [5, 5.41) is 2.59. The minimum atomic E-state index is -0.762. The van der Waals surface area contributed by atoms with Crippen molar-refractivity contribution >= 4 is 17.7 Å². The van der Waals surface area contributed by atoms with Gasteiger partial charge in [-0.3, -0.25) is 25.2 Å². The maximum Gasteiger partial charge on any atom is 0.287 e. The second-order valence-electron chi connectivity index (χ2n) is 5.43. The molecule has 1 aliphatic rings. The molecule has 1 heterocycles. The van der Waals surface area contributed by atoms with Crippen LogP contribution in [0.2, 0.25) is 0 Å². The molecule has 0 bridgehead atoms. The first-order valence-electron chi connectivity index (χ1n) is 6.93. The van der Waals surface area contributed by atoms with Crippen LogP contribution in [-0.4, -0.2) is 23.8 Å². The van der Waals surface area contributed by atoms with E-state index in [0.717, 1.165) is 12.8 Å². The Bertz CT molecular complexity index is 520. The largest absolute Gasteiger partial charge is 0.459 e. The molecule has 0 aliphatic heterocycles. The van der Waals surface area contributed by atoms with E-state index in [0.29, 0.717) is 0 Å². The van der Waals surface area contributed by atoms with E-state index in [1.165, 1.54) is 12.3 Å². The van der Waals surface area contributed by atoms with Gasteiger partial charge in [0.1, 0.15) is 6.04 Å². The Morgan fingerprint density at radius 1 is 1.24 bits per heavy atom. The fraction of sp³-hybridized carbons (Fsp3) is 0.500. The van der Waals surface area contributed by atoms with Gasteiger partial charge in [0.25, 0.3) is 11.8 Å². The minimum absolute atomic E-state index is 0.000472. The fourth-order valence-corrected chi connectivity index (χ4v) is 1.80. The lowest BCUT2D eigenvalue weighted by Gasteiger charge is -2.21. The van der Waals surface area contributed by atoms with Crippen molar-refractivity contribution < 1.29 is 18.8 Å². The number of amides is 3. The van der Waals surface area contributed by atoms with Crippen molar-refractivity contribution in [2.45, 2.75) is 32.7 Å². The van der Waals surface area contributed by atoms with Crippen LogP contribution in [0.15, 0.2) is 22.8 Å². The lowest BCUT2D eigenvalue weighted by Crippen LogP contribution is -2.54. The molecule has 0 saturated heterocycles. The molecule has 7 heteroatoms. The van der Waals surface area contributed by atoms with Gasteiger partial charge in [0.15, 0.2) is 5.76 Å². The van der Waals surface area contributed by atoms with Gasteiger partial charge in [-0.2, -0.15) is 0 Å². The third-order valence-electron chi connectivity index (χ3n) is 3.24. The Labute approximate surface area is 122 Å². The molecule has 0 unspecified atom stereocenters. The first kappa shape index (κ1) is 15.1. The first-order chi connectivity index (χ1) is 9.99. The summed E-state index contributed by atoms with van der Waals surface area (Å²) in [7, 11) is 0. The molecule has 0 aromatic carbocycles. The highest BCUT2D eigenvalue weighted by Crippen LogP contribution is 2.28. The molecule has 3 amide bonds. The molecule has 1 atom stereocenters. The summed E-state index contributed by atoms with van der Waals surface area (Å²) in [5.41, 5.74) is 4.73. The third-order valence-corrected chi connectivity index (χ3v) is 3.24. The van der Waals surface area contributed by atoms with Crippen LogP contribution in [0.5, 0.6) is 0 Å². The Kier molecular flexibility index (Phi) is 4.62. The van der Waals surface area contributed by atoms with Gasteiger partial charge in [-0.05, 0) is 30.9 Å². The van der Waals surface area contributed by atoms with Gasteiger partial charge in [-0.15, -0.1) is 0 Å². The van der Waals surface area contributed by atoms with Gasteiger partial charge in [-0.25, -0.2) is 0 Å². The zero-order valence-corrected chi connectivity index (χ0v) is 12.0. The van der Waals surface area contributed by atoms with E-state index in [1.54, 1.807) is 19.9 Å². The van der Waals surface area contributed by atoms with Crippen molar-refractivity contribution in [2.24, 2.45) is 11.8 Å². The maximum atomic E-state index is 12.1. The summed E-state index contributed by atoms with van der Waals surface area (Å²) in [5.74, 6) is -1.12. The van der Waals surface area contributed by atoms with Crippen LogP contribution >= 0.6 is 0 Å². The number of nitrogens with one attached hydrogen (secondary N) is 3. The summed E-state index contributed by atoms with van der Waals surface area (Å²) in [6, 6.07) is 2.34. The highest BCUT2D eigenvalue weighted by Gasteiger charge is 2.31. The first-order valence-corrected chi connectivity index (χ1v) is 6.93. The van der Waals surface area contributed by atoms with E-state index >= 15 is 0 Å². The predicted octanol–water partition coefficient (Wildman–Crippen LogP) is 0.591. The van der Waals surface area contributed by atoms with Gasteiger partial charge >= 0.3 is 0 Å². The van der Waals surface area contributed by atoms with Crippen molar-refractivity contribution in [2.75, 3.05) is 0 Å². The van der Waals surface area contributed by atoms with Crippen molar-refractivity contribution in [1.29, 1.82) is 0 Å². The molecular weight excluding hydrogens is 274 g/mol. The molecule has 1 aliphatic carbocycles. The number of carbonyl (C=O) groups is 3. The van der Waals surface area contributed by atoms with E-state index in [1.807, 2.05) is 0 Å². The number of hydrogen-bond acceptors (Lipinski definition) is 4. The van der Waals surface area contributed by atoms with E-state index in [2.05, 4.69) is 16.2 Å². The minimum Gasteiger partial charge on any atom is -0.459 e. The van der Waals surface area contributed by atoms with Crippen LogP contribution in [0, 0.1) is 11.8 Å². The molecule has 0 radical (unpaired) electrons. The molecule has 1 aromatic heterocycles. The molecule has 2 rings (SSSR count). The Morgan fingerprint density at radius 3 is 2.48 bits per heavy atom. The molecule has 1 saturated carbocycles. The van der Waals surface area contributed by atoms with Crippen LogP contribution in [0.1, 0.15) is 37.2 Å². The van der Waals surface area contributed by atoms with E-state index in [-0.39, 0.29) is 23.5 Å². The molecule has 1 aromatic rings. The van der Waals surface area contributed by atoms with Gasteiger partial charge < -0.3 is 9.73 Å². The van der Waals surface area contributed by atoms with Gasteiger partial charge in [0.2, 0.25) is 5.91 Å². The number of carbonyl (C=O) groups excluding carboxylic acids is 3. The maximum absolute atomic E-state index is 12.1. The fourth-order valence-electron chi connectivity index (χ4n) is 1.80. The van der Waals surface area contributed by atoms with Crippen LogP contribution < -0.4 is 16.2 Å². The van der Waals surface area contributed by atoms with Crippen molar-refractivity contribution in [3.63, 3.8) is 0 Å². The smallest absolute Gasteiger partial charge is 0.287 e. The number of hydrogen-bond donors (Lipinski definition) is 3. The lowest BCUT2D eigenvalue weighted by atomic mass is 10.0. The highest BCUT2D eigenvalue weighted by molar-refractivity contribution is 5.96. The summed E-state index contributed by atoms with van der Waals surface area (Å²) >= 11 is 0. The molecular formula is C14H19N3O4. The standard InChI is InChI=1S/C14H19N3O4/c1-8(2)11(15-13(19)10-4-3-7-21-10)14(20)17-16-12(18)9-5-6-9/h3-4,7-9,11H,5-6H2,1-2H3,(H,15,19)(H,16,18)(H,17,20)/t11-/m1/s1. The lowest BCUT2D eigenvalue weighted by molar-refractivity contribution is -0.131. The molecule has 1 fully saturated rings. The SMILES string of the molecule is CC(C)[C@@H](NC(=O)c1ccco1)C(=O)NNC(=O)C1CC1. The van der Waals surface area contributed by atoms with Crippen LogP contribution in [0.3, 0.4) is 0 Å². The Morgan fingerprint density at radius 2 is 1.95 bits per heavy atom. The molecule has 0 spiro atoms. The molecule has 3 N–H and O–H groups in total. The van der Waals surface area contributed by atoms with E-state index < -0.39 is 17.9 Å². The summed E-state index contributed by atoms with van der Waals surface area (Å²) < 4.78 is 4.98. The van der Waals surface area contributed by atoms with Crippen molar-refractivity contribution in [3.05, 3.63) is 24.2 Å². The van der Waals surface area contributed by atoms with Crippen LogP contribution in [0.25, 0.3) is 0 Å². The van der Waals surface area contributed by atoms with Gasteiger partial charge in [0, 0.05) is 5.92 Å². The third kappa shape index (κ3) is 4.08. The number of furan rings is 1. The van der Waals surface area contributed by atoms with E-state index in [9.17, 15) is 14.4 Å². The Hall–Kier alpha value is -2.31. The molecule has 7 nitrogen and oxygen atoms in total. The van der Waals surface area contributed by atoms with Crippen molar-refractivity contribution in [1.82, 2.24) is 16.2 Å². The van der Waals surface area contributed by atoms with Crippen molar-refractivity contribution in [3.8, 4) is 0 Å². The van der Waals surface area contributed by atoms with Gasteiger partial charge in [-0.1, -0.05) is 13.8 Å². The zero-order chi connectivity index (χ0) is 15.4. The van der Waals surface area contributed by atoms with Crippen LogP contribution in [0.4, 0.5) is 0 Å². The summed E-state index contributed by atoms with van der Waals surface area (Å²) in [6.07, 6.45) is 3.09. The van der Waals surface area contributed by atoms with Gasteiger partial charge in [0.05, 0.1) is 6.26 Å². The quantitative estimate of drug-likeness (QED) is 0.692. The summed E-state index contributed by atoms with van der Waals surface area (Å²) in [4.78, 5) is 35.5. The second-order valence-corrected chi connectivity index (χ2v) is 5.43. The number of rotatable bonds is 5. The second kappa shape index (κ2) is 6.43. The monoisotopic (exact) mass is 293 g/mol. The Balaban J connectivity index is 1.89.